The van der Waals surface area contributed by atoms with Crippen molar-refractivity contribution in [1.82, 2.24) is 0 Å². The summed E-state index contributed by atoms with van der Waals surface area (Å²) in [5.41, 5.74) is -4.22. The Bertz CT molecular complexity index is 434. The number of rotatable bonds is 3. The van der Waals surface area contributed by atoms with E-state index in [4.69, 9.17) is 11.6 Å². The standard InChI is InChI=1S/C10H7BrClF3OS/c1-5(12)9(16)6-2-7(11)4-8(3-6)17-10(13,14)15/h2-5H,1H3. The number of benzene rings is 1. The van der Waals surface area contributed by atoms with Crippen molar-refractivity contribution in [3.05, 3.63) is 28.2 Å². The predicted molar refractivity (Wildman–Crippen MR) is 65.7 cm³/mol. The first kappa shape index (κ1) is 14.9. The van der Waals surface area contributed by atoms with E-state index in [1.165, 1.54) is 25.1 Å². The summed E-state index contributed by atoms with van der Waals surface area (Å²) in [6, 6.07) is 3.93. The first-order valence-electron chi connectivity index (χ1n) is 4.43. The van der Waals surface area contributed by atoms with Gasteiger partial charge in [0, 0.05) is 14.9 Å². The molecule has 0 aliphatic rings. The van der Waals surface area contributed by atoms with Gasteiger partial charge in [-0.25, -0.2) is 0 Å². The zero-order valence-electron chi connectivity index (χ0n) is 8.52. The van der Waals surface area contributed by atoms with Gasteiger partial charge in [0.2, 0.25) is 0 Å². The van der Waals surface area contributed by atoms with Crippen LogP contribution >= 0.6 is 39.3 Å². The largest absolute Gasteiger partial charge is 0.446 e. The third kappa shape index (κ3) is 4.89. The van der Waals surface area contributed by atoms with Crippen LogP contribution < -0.4 is 0 Å². The maximum absolute atomic E-state index is 12.2. The lowest BCUT2D eigenvalue weighted by molar-refractivity contribution is -0.0328. The molecule has 0 aromatic heterocycles. The molecule has 0 spiro atoms. The predicted octanol–water partition coefficient (Wildman–Crippen LogP) is 4.87. The average molecular weight is 348 g/mol. The molecule has 1 aromatic rings. The zero-order chi connectivity index (χ0) is 13.2. The van der Waals surface area contributed by atoms with Crippen molar-refractivity contribution in [1.29, 1.82) is 0 Å². The number of hydrogen-bond donors (Lipinski definition) is 0. The van der Waals surface area contributed by atoms with E-state index in [0.29, 0.717) is 4.47 Å². The molecule has 0 aliphatic carbocycles. The van der Waals surface area contributed by atoms with Crippen molar-refractivity contribution >= 4 is 45.1 Å². The lowest BCUT2D eigenvalue weighted by atomic mass is 10.1. The normalized spacial score (nSPS) is 13.5. The van der Waals surface area contributed by atoms with Gasteiger partial charge < -0.3 is 0 Å². The van der Waals surface area contributed by atoms with Crippen LogP contribution in [0.3, 0.4) is 0 Å². The van der Waals surface area contributed by atoms with Gasteiger partial charge in [-0.15, -0.1) is 11.6 Å². The number of Topliss-reactive ketones (excluding diaryl/α,β-unsaturated/α-hetero) is 1. The van der Waals surface area contributed by atoms with Gasteiger partial charge in [0.05, 0.1) is 5.38 Å². The number of ketones is 1. The summed E-state index contributed by atoms with van der Waals surface area (Å²) in [5.74, 6) is -0.406. The fourth-order valence-electron chi connectivity index (χ4n) is 1.13. The molecule has 0 N–H and O–H groups in total. The number of carbonyl (C=O) groups excluding carboxylic acids is 1. The van der Waals surface area contributed by atoms with Crippen LogP contribution in [-0.2, 0) is 0 Å². The van der Waals surface area contributed by atoms with Gasteiger partial charge in [-0.2, -0.15) is 13.2 Å². The summed E-state index contributed by atoms with van der Waals surface area (Å²) in [5, 5.41) is -0.770. The second kappa shape index (κ2) is 5.63. The minimum Gasteiger partial charge on any atom is -0.293 e. The third-order valence-corrected chi connectivity index (χ3v) is 3.11. The zero-order valence-corrected chi connectivity index (χ0v) is 11.7. The topological polar surface area (TPSA) is 17.1 Å². The smallest absolute Gasteiger partial charge is 0.293 e. The van der Waals surface area contributed by atoms with Gasteiger partial charge in [-0.3, -0.25) is 4.79 Å². The molecule has 1 rings (SSSR count). The van der Waals surface area contributed by atoms with Gasteiger partial charge >= 0.3 is 5.51 Å². The second-order valence-electron chi connectivity index (χ2n) is 3.20. The summed E-state index contributed by atoms with van der Waals surface area (Å²) in [6.45, 7) is 1.47. The summed E-state index contributed by atoms with van der Waals surface area (Å²) in [7, 11) is 0. The van der Waals surface area contributed by atoms with Gasteiger partial charge in [0.1, 0.15) is 0 Å². The maximum Gasteiger partial charge on any atom is 0.446 e. The van der Waals surface area contributed by atoms with Gasteiger partial charge in [0.15, 0.2) is 5.78 Å². The van der Waals surface area contributed by atoms with E-state index in [-0.39, 0.29) is 22.2 Å². The van der Waals surface area contributed by atoms with Crippen molar-refractivity contribution in [2.45, 2.75) is 22.7 Å². The highest BCUT2D eigenvalue weighted by atomic mass is 79.9. The van der Waals surface area contributed by atoms with Crippen LogP contribution in [0.25, 0.3) is 0 Å². The van der Waals surface area contributed by atoms with Crippen LogP contribution in [0.2, 0.25) is 0 Å². The molecule has 0 amide bonds. The van der Waals surface area contributed by atoms with E-state index in [1.807, 2.05) is 0 Å². The molecule has 0 bridgehead atoms. The van der Waals surface area contributed by atoms with Crippen LogP contribution in [0.1, 0.15) is 17.3 Å². The second-order valence-corrected chi connectivity index (χ2v) is 5.91. The van der Waals surface area contributed by atoms with Crippen LogP contribution in [0, 0.1) is 0 Å². The SMILES string of the molecule is CC(Cl)C(=O)c1cc(Br)cc(SC(F)(F)F)c1. The minimum atomic E-state index is -4.38. The Morgan fingerprint density at radius 1 is 1.41 bits per heavy atom. The Labute approximate surface area is 114 Å². The minimum absolute atomic E-state index is 0.0486. The third-order valence-electron chi connectivity index (χ3n) is 1.75. The van der Waals surface area contributed by atoms with E-state index < -0.39 is 16.7 Å². The molecule has 17 heavy (non-hydrogen) atoms. The van der Waals surface area contributed by atoms with Crippen LogP contribution in [-0.4, -0.2) is 16.7 Å². The van der Waals surface area contributed by atoms with Crippen LogP contribution in [0.15, 0.2) is 27.6 Å². The summed E-state index contributed by atoms with van der Waals surface area (Å²) >= 11 is 8.40. The van der Waals surface area contributed by atoms with Crippen molar-refractivity contribution in [2.24, 2.45) is 0 Å². The fraction of sp³-hybridized carbons (Fsp3) is 0.300. The molecule has 7 heteroatoms. The van der Waals surface area contributed by atoms with E-state index in [9.17, 15) is 18.0 Å². The van der Waals surface area contributed by atoms with Crippen molar-refractivity contribution in [3.8, 4) is 0 Å². The van der Waals surface area contributed by atoms with E-state index in [0.717, 1.165) is 0 Å². The van der Waals surface area contributed by atoms with E-state index in [2.05, 4.69) is 15.9 Å². The molecule has 1 atom stereocenters. The van der Waals surface area contributed by atoms with Gasteiger partial charge in [-0.1, -0.05) is 15.9 Å². The number of carbonyl (C=O) groups is 1. The highest BCUT2D eigenvalue weighted by Crippen LogP contribution is 2.38. The van der Waals surface area contributed by atoms with E-state index in [1.54, 1.807) is 0 Å². The van der Waals surface area contributed by atoms with Crippen molar-refractivity contribution < 1.29 is 18.0 Å². The highest BCUT2D eigenvalue weighted by molar-refractivity contribution is 9.10. The Kier molecular flexibility index (Phi) is 4.92. The van der Waals surface area contributed by atoms with Crippen LogP contribution in [0.4, 0.5) is 13.2 Å². The maximum atomic E-state index is 12.2. The number of thioether (sulfide) groups is 1. The Hall–Kier alpha value is -0.200. The molecule has 0 aliphatic heterocycles. The van der Waals surface area contributed by atoms with Crippen molar-refractivity contribution in [3.63, 3.8) is 0 Å². The molecule has 94 valence electrons. The number of hydrogen-bond acceptors (Lipinski definition) is 2. The molecule has 0 fully saturated rings. The van der Waals surface area contributed by atoms with Gasteiger partial charge in [-0.05, 0) is 36.9 Å². The lowest BCUT2D eigenvalue weighted by Gasteiger charge is -2.09. The quantitative estimate of drug-likeness (QED) is 0.441. The van der Waals surface area contributed by atoms with Gasteiger partial charge in [0.25, 0.3) is 0 Å². The molecule has 1 nitrogen and oxygen atoms in total. The monoisotopic (exact) mass is 346 g/mol. The summed E-state index contributed by atoms with van der Waals surface area (Å²) in [6.07, 6.45) is 0. The Morgan fingerprint density at radius 2 is 2.00 bits per heavy atom. The molecule has 1 aromatic carbocycles. The van der Waals surface area contributed by atoms with Crippen molar-refractivity contribution in [2.75, 3.05) is 0 Å². The van der Waals surface area contributed by atoms with E-state index >= 15 is 0 Å². The highest BCUT2D eigenvalue weighted by Gasteiger charge is 2.29. The molecular formula is C10H7BrClF3OS. The van der Waals surface area contributed by atoms with Crippen LogP contribution in [0.5, 0.6) is 0 Å². The Balaban J connectivity index is 3.07. The Morgan fingerprint density at radius 3 is 2.47 bits per heavy atom. The molecule has 0 saturated heterocycles. The molecule has 0 saturated carbocycles. The first-order valence-corrected chi connectivity index (χ1v) is 6.48. The molecule has 0 radical (unpaired) electrons. The summed E-state index contributed by atoms with van der Waals surface area (Å²) in [4.78, 5) is 11.5. The lowest BCUT2D eigenvalue weighted by Crippen LogP contribution is -2.10. The number of alkyl halides is 4. The summed E-state index contributed by atoms with van der Waals surface area (Å²) < 4.78 is 37.0. The average Bonchev–Trinajstić information content (AvgIpc) is 2.12. The fourth-order valence-corrected chi connectivity index (χ4v) is 2.54. The molecule has 0 heterocycles. The number of halogens is 5. The molecule has 1 unspecified atom stereocenters. The molecular weight excluding hydrogens is 341 g/mol. The first-order chi connectivity index (χ1) is 7.69.